The number of fused-ring (bicyclic) bond motifs is 5. The lowest BCUT2D eigenvalue weighted by Gasteiger charge is -2.34. The lowest BCUT2D eigenvalue weighted by Crippen LogP contribution is -2.44. The van der Waals surface area contributed by atoms with Gasteiger partial charge in [-0.05, 0) is 19.5 Å². The molecule has 1 fully saturated rings. The van der Waals surface area contributed by atoms with Crippen molar-refractivity contribution in [3.63, 3.8) is 0 Å². The van der Waals surface area contributed by atoms with Gasteiger partial charge in [0, 0.05) is 19.1 Å². The highest BCUT2D eigenvalue weighted by Gasteiger charge is 2.55. The van der Waals surface area contributed by atoms with Crippen LogP contribution in [0.3, 0.4) is 0 Å². The van der Waals surface area contributed by atoms with Crippen molar-refractivity contribution in [1.29, 1.82) is 0 Å². The molecule has 1 aromatic rings. The van der Waals surface area contributed by atoms with Crippen LogP contribution in [0.1, 0.15) is 55.6 Å². The monoisotopic (exact) mass is 447 g/mol. The largest absolute Gasteiger partial charge is 0.444 e. The highest BCUT2D eigenvalue weighted by atomic mass is 19.4. The van der Waals surface area contributed by atoms with Crippen LogP contribution in [0.2, 0.25) is 0 Å². The highest BCUT2D eigenvalue weighted by Crippen LogP contribution is 2.51. The number of ether oxygens (including phenoxy) is 1. The van der Waals surface area contributed by atoms with Gasteiger partial charge >= 0.3 is 6.18 Å². The Hall–Kier alpha value is -2.16. The molecule has 0 spiro atoms. The zero-order valence-electron chi connectivity index (χ0n) is 18.3. The summed E-state index contributed by atoms with van der Waals surface area (Å²) >= 11 is 0. The number of hydrogen-bond donors (Lipinski definition) is 0. The molecule has 0 amide bonds. The molecule has 8 heteroatoms. The van der Waals surface area contributed by atoms with Crippen LogP contribution in [-0.4, -0.2) is 59.4 Å². The maximum absolute atomic E-state index is 12.9. The third-order valence-electron chi connectivity index (χ3n) is 6.87. The number of likely N-dealkylation sites (N-methyl/N-ethyl adjacent to an activating group) is 1. The molecule has 2 aliphatic heterocycles. The van der Waals surface area contributed by atoms with Crippen LogP contribution in [0.15, 0.2) is 52.5 Å². The maximum atomic E-state index is 12.9. The Morgan fingerprint density at radius 3 is 2.62 bits per heavy atom. The third kappa shape index (κ3) is 3.89. The summed E-state index contributed by atoms with van der Waals surface area (Å²) in [6.07, 6.45) is 7.97. The molecular formula is C24H28F3N3O2. The third-order valence-corrected chi connectivity index (χ3v) is 6.87. The van der Waals surface area contributed by atoms with Crippen molar-refractivity contribution >= 4 is 0 Å². The molecule has 5 atom stereocenters. The first-order valence-electron chi connectivity index (χ1n) is 11.3. The molecule has 3 heterocycles. The summed E-state index contributed by atoms with van der Waals surface area (Å²) in [7, 11) is 0. The average Bonchev–Trinajstić information content (AvgIpc) is 3.47. The molecule has 5 unspecified atom stereocenters. The number of epoxide rings is 1. The Kier molecular flexibility index (Phi) is 5.63. The van der Waals surface area contributed by atoms with E-state index in [1.807, 2.05) is 6.08 Å². The first-order chi connectivity index (χ1) is 15.4. The number of allylic oxidation sites excluding steroid dienone is 6. The second kappa shape index (κ2) is 8.32. The van der Waals surface area contributed by atoms with Gasteiger partial charge in [0.25, 0.3) is 0 Å². The zero-order chi connectivity index (χ0) is 22.5. The molecule has 0 bridgehead atoms. The van der Waals surface area contributed by atoms with Crippen molar-refractivity contribution in [2.75, 3.05) is 26.2 Å². The van der Waals surface area contributed by atoms with Crippen LogP contribution in [0, 0.1) is 0 Å². The average molecular weight is 448 g/mol. The Bertz CT molecular complexity index is 974. The second-order valence-corrected chi connectivity index (χ2v) is 8.66. The van der Waals surface area contributed by atoms with E-state index in [0.29, 0.717) is 5.89 Å². The minimum atomic E-state index is -4.33. The van der Waals surface area contributed by atoms with Gasteiger partial charge in [0.1, 0.15) is 23.8 Å². The molecule has 0 radical (unpaired) electrons. The van der Waals surface area contributed by atoms with Crippen LogP contribution in [0.25, 0.3) is 0 Å². The molecule has 2 aliphatic carbocycles. The number of hydrogen-bond acceptors (Lipinski definition) is 5. The molecule has 4 aliphatic rings. The van der Waals surface area contributed by atoms with Gasteiger partial charge < -0.3 is 14.1 Å². The van der Waals surface area contributed by atoms with E-state index < -0.39 is 11.7 Å². The Balaban J connectivity index is 1.39. The first kappa shape index (κ1) is 21.7. The Morgan fingerprint density at radius 1 is 1.16 bits per heavy atom. The van der Waals surface area contributed by atoms with E-state index in [0.717, 1.165) is 43.7 Å². The number of aromatic nitrogens is 1. The predicted molar refractivity (Wildman–Crippen MR) is 114 cm³/mol. The van der Waals surface area contributed by atoms with Gasteiger partial charge in [-0.3, -0.25) is 4.90 Å². The SMILES string of the molecule is CCN(CC)CCN1C2C=CC=CC2c2oc(C3C=CC(C(F)(F)F)=CC3)nc2C2OC21. The summed E-state index contributed by atoms with van der Waals surface area (Å²) in [4.78, 5) is 9.54. The van der Waals surface area contributed by atoms with Crippen LogP contribution in [-0.2, 0) is 4.74 Å². The minimum Gasteiger partial charge on any atom is -0.444 e. The Morgan fingerprint density at radius 2 is 1.94 bits per heavy atom. The van der Waals surface area contributed by atoms with Crippen molar-refractivity contribution in [2.45, 2.75) is 56.7 Å². The topological polar surface area (TPSA) is 45.0 Å². The molecule has 0 saturated carbocycles. The van der Waals surface area contributed by atoms with E-state index in [9.17, 15) is 13.2 Å². The lowest BCUT2D eigenvalue weighted by molar-refractivity contribution is -0.0886. The van der Waals surface area contributed by atoms with E-state index in [1.165, 1.54) is 6.08 Å². The first-order valence-corrected chi connectivity index (χ1v) is 11.3. The predicted octanol–water partition coefficient (Wildman–Crippen LogP) is 4.84. The van der Waals surface area contributed by atoms with Gasteiger partial charge in [-0.1, -0.05) is 56.4 Å². The number of nitrogens with zero attached hydrogens (tertiary/aromatic N) is 3. The fourth-order valence-corrected chi connectivity index (χ4v) is 4.93. The van der Waals surface area contributed by atoms with E-state index in [-0.39, 0.29) is 36.6 Å². The van der Waals surface area contributed by atoms with Gasteiger partial charge in [-0.2, -0.15) is 13.2 Å². The molecule has 172 valence electrons. The van der Waals surface area contributed by atoms with Crippen molar-refractivity contribution in [2.24, 2.45) is 0 Å². The summed E-state index contributed by atoms with van der Waals surface area (Å²) in [6, 6.07) is 0.103. The van der Waals surface area contributed by atoms with Crippen molar-refractivity contribution < 1.29 is 22.3 Å². The normalized spacial score (nSPS) is 31.2. The molecule has 0 N–H and O–H groups in total. The molecule has 5 nitrogen and oxygen atoms in total. The van der Waals surface area contributed by atoms with Crippen molar-refractivity contribution in [3.8, 4) is 0 Å². The number of halogens is 3. The van der Waals surface area contributed by atoms with Crippen LogP contribution >= 0.6 is 0 Å². The molecule has 1 aromatic heterocycles. The fraction of sp³-hybridized carbons (Fsp3) is 0.542. The maximum Gasteiger partial charge on any atom is 0.416 e. The van der Waals surface area contributed by atoms with Crippen molar-refractivity contribution in [1.82, 2.24) is 14.8 Å². The standard InChI is InChI=1S/C24H28F3N3O2/c1-3-29(4-2)13-14-30-18-8-6-5-7-17(18)20-19(21-23(30)32-21)28-22(31-20)15-9-11-16(12-10-15)24(25,26)27/h5-9,11-12,15,17-18,21,23H,3-4,10,13-14H2,1-2H3. The van der Waals surface area contributed by atoms with E-state index in [4.69, 9.17) is 14.1 Å². The van der Waals surface area contributed by atoms with Gasteiger partial charge in [-0.25, -0.2) is 4.98 Å². The van der Waals surface area contributed by atoms with E-state index in [1.54, 1.807) is 6.08 Å². The smallest absolute Gasteiger partial charge is 0.416 e. The second-order valence-electron chi connectivity index (χ2n) is 8.66. The zero-order valence-corrected chi connectivity index (χ0v) is 18.3. The lowest BCUT2D eigenvalue weighted by atomic mass is 9.91. The summed E-state index contributed by atoms with van der Waals surface area (Å²) < 4.78 is 51.1. The van der Waals surface area contributed by atoms with E-state index in [2.05, 4.69) is 41.9 Å². The van der Waals surface area contributed by atoms with Gasteiger partial charge in [0.2, 0.25) is 5.89 Å². The van der Waals surface area contributed by atoms with Crippen LogP contribution in [0.5, 0.6) is 0 Å². The van der Waals surface area contributed by atoms with Gasteiger partial charge in [0.05, 0.1) is 17.4 Å². The Labute approximate surface area is 185 Å². The van der Waals surface area contributed by atoms with Gasteiger partial charge in [0.15, 0.2) is 0 Å². The molecule has 5 rings (SSSR count). The number of alkyl halides is 3. The number of rotatable bonds is 6. The quantitative estimate of drug-likeness (QED) is 0.584. The number of oxazole rings is 1. The summed E-state index contributed by atoms with van der Waals surface area (Å²) in [5.74, 6) is 0.961. The highest BCUT2D eigenvalue weighted by molar-refractivity contribution is 5.37. The molecular weight excluding hydrogens is 419 g/mol. The fourth-order valence-electron chi connectivity index (χ4n) is 4.93. The summed E-state index contributed by atoms with van der Waals surface area (Å²) in [5, 5.41) is 0. The van der Waals surface area contributed by atoms with Crippen LogP contribution in [0.4, 0.5) is 13.2 Å². The molecule has 32 heavy (non-hydrogen) atoms. The minimum absolute atomic E-state index is 0.0122. The summed E-state index contributed by atoms with van der Waals surface area (Å²) in [6.45, 7) is 8.20. The van der Waals surface area contributed by atoms with Crippen LogP contribution < -0.4 is 0 Å². The molecule has 1 saturated heterocycles. The van der Waals surface area contributed by atoms with Crippen molar-refractivity contribution in [3.05, 3.63) is 65.5 Å². The van der Waals surface area contributed by atoms with E-state index >= 15 is 0 Å². The van der Waals surface area contributed by atoms with Gasteiger partial charge in [-0.15, -0.1) is 0 Å². The summed E-state index contributed by atoms with van der Waals surface area (Å²) in [5.41, 5.74) is 0.181. The molecule has 0 aromatic carbocycles.